The maximum absolute atomic E-state index is 5.88. The van der Waals surface area contributed by atoms with Crippen LogP contribution in [0, 0.1) is 13.8 Å². The van der Waals surface area contributed by atoms with Gasteiger partial charge in [-0.05, 0) is 30.5 Å². The van der Waals surface area contributed by atoms with Crippen molar-refractivity contribution in [3.63, 3.8) is 0 Å². The number of methoxy groups -OCH3 is 1. The number of benzene rings is 1. The van der Waals surface area contributed by atoms with Gasteiger partial charge in [-0.25, -0.2) is 4.98 Å². The number of H-pyrrole nitrogens is 1. The molecule has 0 saturated carbocycles. The van der Waals surface area contributed by atoms with E-state index in [0.717, 1.165) is 5.69 Å². The molecule has 0 aliphatic heterocycles. The van der Waals surface area contributed by atoms with Crippen LogP contribution in [0.1, 0.15) is 28.3 Å². The van der Waals surface area contributed by atoms with Crippen LogP contribution in [0.2, 0.25) is 0 Å². The second-order valence-corrected chi connectivity index (χ2v) is 6.14. The monoisotopic (exact) mass is 362 g/mol. The molecular weight excluding hydrogens is 332 g/mol. The predicted molar refractivity (Wildman–Crippen MR) is 101 cm³/mol. The molecule has 1 atom stereocenters. The van der Waals surface area contributed by atoms with Gasteiger partial charge in [0.25, 0.3) is 0 Å². The fourth-order valence-electron chi connectivity index (χ4n) is 2.74. The SMILES string of the molecule is COCCOCCOCCOCC(c1cnc[nH]1)c1cccc(C)c1C. The number of nitrogens with one attached hydrogen (secondary N) is 1. The normalized spacial score (nSPS) is 12.4. The molecule has 0 aliphatic carbocycles. The number of nitrogens with zero attached hydrogens (tertiary/aromatic N) is 1. The van der Waals surface area contributed by atoms with Crippen LogP contribution in [0.25, 0.3) is 0 Å². The minimum absolute atomic E-state index is 0.134. The lowest BCUT2D eigenvalue weighted by Crippen LogP contribution is -2.15. The molecule has 1 N–H and O–H groups in total. The van der Waals surface area contributed by atoms with Crippen molar-refractivity contribution in [1.29, 1.82) is 0 Å². The third kappa shape index (κ3) is 6.53. The zero-order chi connectivity index (χ0) is 18.6. The summed E-state index contributed by atoms with van der Waals surface area (Å²) in [5, 5.41) is 0. The third-order valence-corrected chi connectivity index (χ3v) is 4.38. The van der Waals surface area contributed by atoms with Crippen LogP contribution in [0.5, 0.6) is 0 Å². The molecule has 6 nitrogen and oxygen atoms in total. The fourth-order valence-corrected chi connectivity index (χ4v) is 2.74. The quantitative estimate of drug-likeness (QED) is 0.555. The predicted octanol–water partition coefficient (Wildman–Crippen LogP) is 2.85. The van der Waals surface area contributed by atoms with Crippen LogP contribution in [-0.4, -0.2) is 63.3 Å². The summed E-state index contributed by atoms with van der Waals surface area (Å²) in [6.45, 7) is 8.31. The van der Waals surface area contributed by atoms with Crippen LogP contribution in [-0.2, 0) is 18.9 Å². The summed E-state index contributed by atoms with van der Waals surface area (Å²) < 4.78 is 21.7. The first-order valence-corrected chi connectivity index (χ1v) is 9.00. The molecule has 0 radical (unpaired) electrons. The van der Waals surface area contributed by atoms with E-state index in [-0.39, 0.29) is 5.92 Å². The molecule has 2 aromatic rings. The van der Waals surface area contributed by atoms with Crippen LogP contribution < -0.4 is 0 Å². The van der Waals surface area contributed by atoms with E-state index in [1.807, 2.05) is 6.20 Å². The summed E-state index contributed by atoms with van der Waals surface area (Å²) in [7, 11) is 1.66. The van der Waals surface area contributed by atoms with Crippen molar-refractivity contribution in [3.8, 4) is 0 Å². The lowest BCUT2D eigenvalue weighted by atomic mass is 9.91. The number of aryl methyl sites for hydroxylation is 1. The van der Waals surface area contributed by atoms with Gasteiger partial charge < -0.3 is 23.9 Å². The largest absolute Gasteiger partial charge is 0.382 e. The van der Waals surface area contributed by atoms with Gasteiger partial charge in [0.2, 0.25) is 0 Å². The average Bonchev–Trinajstić information content (AvgIpc) is 3.17. The van der Waals surface area contributed by atoms with E-state index in [0.29, 0.717) is 46.2 Å². The maximum atomic E-state index is 5.88. The zero-order valence-corrected chi connectivity index (χ0v) is 16.0. The van der Waals surface area contributed by atoms with Crippen molar-refractivity contribution in [2.45, 2.75) is 19.8 Å². The molecule has 144 valence electrons. The van der Waals surface area contributed by atoms with Crippen LogP contribution >= 0.6 is 0 Å². The molecular formula is C20H30N2O4. The Morgan fingerprint density at radius 2 is 1.65 bits per heavy atom. The lowest BCUT2D eigenvalue weighted by Gasteiger charge is -2.19. The van der Waals surface area contributed by atoms with Crippen LogP contribution in [0.4, 0.5) is 0 Å². The molecule has 0 spiro atoms. The Morgan fingerprint density at radius 3 is 2.31 bits per heavy atom. The Balaban J connectivity index is 1.76. The fraction of sp³-hybridized carbons (Fsp3) is 0.550. The van der Waals surface area contributed by atoms with E-state index in [2.05, 4.69) is 42.0 Å². The highest BCUT2D eigenvalue weighted by molar-refractivity contribution is 5.39. The summed E-state index contributed by atoms with van der Waals surface area (Å²) in [6.07, 6.45) is 3.57. The van der Waals surface area contributed by atoms with E-state index in [4.69, 9.17) is 18.9 Å². The number of aromatic nitrogens is 2. The first-order valence-electron chi connectivity index (χ1n) is 9.00. The molecule has 1 aromatic carbocycles. The molecule has 1 unspecified atom stereocenters. The van der Waals surface area contributed by atoms with E-state index >= 15 is 0 Å². The Kier molecular flexibility index (Phi) is 9.34. The van der Waals surface area contributed by atoms with E-state index in [1.54, 1.807) is 13.4 Å². The number of hydrogen-bond acceptors (Lipinski definition) is 5. The van der Waals surface area contributed by atoms with Gasteiger partial charge in [-0.1, -0.05) is 18.2 Å². The van der Waals surface area contributed by atoms with Crippen molar-refractivity contribution in [2.75, 3.05) is 53.4 Å². The Bertz CT molecular complexity index is 616. The summed E-state index contributed by atoms with van der Waals surface area (Å²) in [5.41, 5.74) is 4.90. The molecule has 6 heteroatoms. The minimum Gasteiger partial charge on any atom is -0.382 e. The number of rotatable bonds is 13. The summed E-state index contributed by atoms with van der Waals surface area (Å²) in [5.74, 6) is 0.134. The molecule has 0 bridgehead atoms. The molecule has 0 saturated heterocycles. The topological polar surface area (TPSA) is 65.6 Å². The number of imidazole rings is 1. The summed E-state index contributed by atoms with van der Waals surface area (Å²) in [6, 6.07) is 6.38. The Morgan fingerprint density at radius 1 is 0.962 bits per heavy atom. The van der Waals surface area contributed by atoms with Crippen molar-refractivity contribution in [2.24, 2.45) is 0 Å². The molecule has 0 aliphatic rings. The second-order valence-electron chi connectivity index (χ2n) is 6.14. The first-order chi connectivity index (χ1) is 12.7. The zero-order valence-electron chi connectivity index (χ0n) is 16.0. The van der Waals surface area contributed by atoms with E-state index in [1.165, 1.54) is 16.7 Å². The van der Waals surface area contributed by atoms with Gasteiger partial charge in [-0.15, -0.1) is 0 Å². The highest BCUT2D eigenvalue weighted by Crippen LogP contribution is 2.27. The van der Waals surface area contributed by atoms with Gasteiger partial charge >= 0.3 is 0 Å². The Hall–Kier alpha value is -1.73. The van der Waals surface area contributed by atoms with Gasteiger partial charge in [0.05, 0.1) is 52.6 Å². The molecule has 0 fully saturated rings. The Labute approximate surface area is 155 Å². The van der Waals surface area contributed by atoms with Crippen LogP contribution in [0.3, 0.4) is 0 Å². The average molecular weight is 362 g/mol. The number of ether oxygens (including phenoxy) is 4. The number of hydrogen-bond donors (Lipinski definition) is 1. The van der Waals surface area contributed by atoms with Crippen molar-refractivity contribution < 1.29 is 18.9 Å². The lowest BCUT2D eigenvalue weighted by molar-refractivity contribution is 0.00270. The molecule has 0 amide bonds. The molecule has 1 heterocycles. The standard InChI is InChI=1S/C20H30N2O4/c1-16-5-4-6-18(17(16)2)19(20-13-21-15-22-20)14-26-12-11-25-10-9-24-8-7-23-3/h4-6,13,15,19H,7-12,14H2,1-3H3,(H,21,22). The number of aromatic amines is 1. The van der Waals surface area contributed by atoms with Gasteiger partial charge in [0.15, 0.2) is 0 Å². The van der Waals surface area contributed by atoms with Gasteiger partial charge in [0.1, 0.15) is 0 Å². The smallest absolute Gasteiger partial charge is 0.0921 e. The highest BCUT2D eigenvalue weighted by atomic mass is 16.6. The second kappa shape index (κ2) is 11.8. The van der Waals surface area contributed by atoms with Gasteiger partial charge in [-0.2, -0.15) is 0 Å². The molecule has 2 rings (SSSR count). The van der Waals surface area contributed by atoms with E-state index in [9.17, 15) is 0 Å². The van der Waals surface area contributed by atoms with Crippen molar-refractivity contribution in [3.05, 3.63) is 53.1 Å². The van der Waals surface area contributed by atoms with Gasteiger partial charge in [0, 0.05) is 24.9 Å². The summed E-state index contributed by atoms with van der Waals surface area (Å²) >= 11 is 0. The van der Waals surface area contributed by atoms with Crippen LogP contribution in [0.15, 0.2) is 30.7 Å². The summed E-state index contributed by atoms with van der Waals surface area (Å²) in [4.78, 5) is 7.38. The highest BCUT2D eigenvalue weighted by Gasteiger charge is 2.18. The minimum atomic E-state index is 0.134. The third-order valence-electron chi connectivity index (χ3n) is 4.38. The first kappa shape index (κ1) is 20.6. The van der Waals surface area contributed by atoms with E-state index < -0.39 is 0 Å². The van der Waals surface area contributed by atoms with Gasteiger partial charge in [-0.3, -0.25) is 0 Å². The molecule has 26 heavy (non-hydrogen) atoms. The molecule has 1 aromatic heterocycles. The van der Waals surface area contributed by atoms with Crippen molar-refractivity contribution in [1.82, 2.24) is 9.97 Å². The van der Waals surface area contributed by atoms with Crippen molar-refractivity contribution >= 4 is 0 Å². The maximum Gasteiger partial charge on any atom is 0.0921 e.